The van der Waals surface area contributed by atoms with E-state index < -0.39 is 0 Å². The van der Waals surface area contributed by atoms with Crippen molar-refractivity contribution in [1.29, 1.82) is 0 Å². The highest BCUT2D eigenvalue weighted by molar-refractivity contribution is 6.31. The molecule has 2 N–H and O–H groups in total. The third-order valence-corrected chi connectivity index (χ3v) is 3.01. The quantitative estimate of drug-likeness (QED) is 0.909. The van der Waals surface area contributed by atoms with E-state index in [0.29, 0.717) is 11.0 Å². The lowest BCUT2D eigenvalue weighted by Gasteiger charge is -2.23. The van der Waals surface area contributed by atoms with Crippen molar-refractivity contribution in [2.45, 2.75) is 13.0 Å². The number of aromatic nitrogens is 2. The number of nitrogens with two attached hydrogens (primary N) is 1. The Labute approximate surface area is 104 Å². The molecular formula is C11H13ClN4O. The minimum atomic E-state index is 0.0172. The third-order valence-electron chi connectivity index (χ3n) is 2.67. The first-order valence-corrected chi connectivity index (χ1v) is 5.53. The predicted molar refractivity (Wildman–Crippen MR) is 67.0 cm³/mol. The van der Waals surface area contributed by atoms with Crippen molar-refractivity contribution in [3.63, 3.8) is 0 Å². The molecule has 0 radical (unpaired) electrons. The Hall–Kier alpha value is -1.75. The Morgan fingerprint density at radius 2 is 2.06 bits per heavy atom. The van der Waals surface area contributed by atoms with Gasteiger partial charge in [0.15, 0.2) is 0 Å². The van der Waals surface area contributed by atoms with Crippen LogP contribution in [0.25, 0.3) is 0 Å². The van der Waals surface area contributed by atoms with Crippen LogP contribution in [0.2, 0.25) is 5.02 Å². The number of hydrogen-bond acceptors (Lipinski definition) is 5. The Bertz CT molecular complexity index is 514. The van der Waals surface area contributed by atoms with Crippen molar-refractivity contribution in [3.8, 4) is 0 Å². The largest absolute Gasteiger partial charge is 0.390 e. The van der Waals surface area contributed by atoms with Gasteiger partial charge in [-0.3, -0.25) is 0 Å². The summed E-state index contributed by atoms with van der Waals surface area (Å²) in [5, 5.41) is 8.16. The van der Waals surface area contributed by atoms with Crippen LogP contribution in [0.5, 0.6) is 0 Å². The fraction of sp³-hybridized carbons (Fsp3) is 0.273. The molecule has 0 aliphatic rings. The van der Waals surface area contributed by atoms with Crippen molar-refractivity contribution in [2.24, 2.45) is 0 Å². The van der Waals surface area contributed by atoms with Crippen LogP contribution in [-0.2, 0) is 0 Å². The van der Waals surface area contributed by atoms with Crippen molar-refractivity contribution in [3.05, 3.63) is 34.9 Å². The molecule has 5 nitrogen and oxygen atoms in total. The maximum Gasteiger partial charge on any atom is 0.319 e. The lowest BCUT2D eigenvalue weighted by atomic mass is 10.1. The van der Waals surface area contributed by atoms with Crippen LogP contribution in [0.4, 0.5) is 12.0 Å². The SMILES string of the molecule is CC(c1ccccc1Cl)N(C)c1nnc(N)o1. The second-order valence-corrected chi connectivity index (χ2v) is 4.14. The summed E-state index contributed by atoms with van der Waals surface area (Å²) in [4.78, 5) is 1.82. The van der Waals surface area contributed by atoms with Gasteiger partial charge in [-0.25, -0.2) is 0 Å². The third kappa shape index (κ3) is 2.34. The number of benzene rings is 1. The van der Waals surface area contributed by atoms with Crippen LogP contribution in [0.15, 0.2) is 28.7 Å². The molecule has 0 fully saturated rings. The van der Waals surface area contributed by atoms with Crippen LogP contribution >= 0.6 is 11.6 Å². The van der Waals surface area contributed by atoms with Gasteiger partial charge in [-0.1, -0.05) is 40.0 Å². The molecule has 0 bridgehead atoms. The van der Waals surface area contributed by atoms with Crippen molar-refractivity contribution in [2.75, 3.05) is 17.7 Å². The van der Waals surface area contributed by atoms with Crippen LogP contribution in [-0.4, -0.2) is 17.2 Å². The number of halogens is 1. The topological polar surface area (TPSA) is 68.2 Å². The molecule has 1 atom stereocenters. The van der Waals surface area contributed by atoms with E-state index in [0.717, 1.165) is 5.56 Å². The molecule has 1 aromatic heterocycles. The molecule has 0 aliphatic carbocycles. The summed E-state index contributed by atoms with van der Waals surface area (Å²) < 4.78 is 5.17. The van der Waals surface area contributed by atoms with Crippen molar-refractivity contribution >= 4 is 23.6 Å². The molecule has 0 aliphatic heterocycles. The van der Waals surface area contributed by atoms with Gasteiger partial charge in [-0.2, -0.15) is 0 Å². The van der Waals surface area contributed by atoms with E-state index >= 15 is 0 Å². The maximum atomic E-state index is 6.14. The number of hydrogen-bond donors (Lipinski definition) is 1. The summed E-state index contributed by atoms with van der Waals surface area (Å²) in [6.45, 7) is 2.00. The summed E-state index contributed by atoms with van der Waals surface area (Å²) in [7, 11) is 1.85. The van der Waals surface area contributed by atoms with E-state index in [1.807, 2.05) is 43.1 Å². The van der Waals surface area contributed by atoms with Gasteiger partial charge in [0, 0.05) is 12.1 Å². The molecule has 6 heteroatoms. The van der Waals surface area contributed by atoms with Crippen LogP contribution in [0.3, 0.4) is 0 Å². The van der Waals surface area contributed by atoms with Crippen LogP contribution in [0.1, 0.15) is 18.5 Å². The van der Waals surface area contributed by atoms with E-state index in [2.05, 4.69) is 10.2 Å². The molecule has 17 heavy (non-hydrogen) atoms. The lowest BCUT2D eigenvalue weighted by molar-refractivity contribution is 0.539. The molecule has 1 heterocycles. The second-order valence-electron chi connectivity index (χ2n) is 3.73. The van der Waals surface area contributed by atoms with Gasteiger partial charge in [0.2, 0.25) is 0 Å². The first-order valence-electron chi connectivity index (χ1n) is 5.16. The molecule has 0 amide bonds. The standard InChI is InChI=1S/C11H13ClN4O/c1-7(8-5-3-4-6-9(8)12)16(2)11-15-14-10(13)17-11/h3-7H,1-2H3,(H2,13,14). The highest BCUT2D eigenvalue weighted by Gasteiger charge is 2.18. The molecule has 2 aromatic rings. The van der Waals surface area contributed by atoms with Crippen molar-refractivity contribution < 1.29 is 4.42 Å². The van der Waals surface area contributed by atoms with Crippen molar-refractivity contribution in [1.82, 2.24) is 10.2 Å². The van der Waals surface area contributed by atoms with E-state index in [9.17, 15) is 0 Å². The Morgan fingerprint density at radius 3 is 2.65 bits per heavy atom. The van der Waals surface area contributed by atoms with Crippen LogP contribution in [0, 0.1) is 0 Å². The first kappa shape index (κ1) is 11.7. The highest BCUT2D eigenvalue weighted by atomic mass is 35.5. The van der Waals surface area contributed by atoms with Gasteiger partial charge >= 0.3 is 12.0 Å². The summed E-state index contributed by atoms with van der Waals surface area (Å²) >= 11 is 6.14. The molecule has 0 saturated heterocycles. The minimum absolute atomic E-state index is 0.0172. The smallest absolute Gasteiger partial charge is 0.319 e. The van der Waals surface area contributed by atoms with E-state index in [1.165, 1.54) is 0 Å². The first-order chi connectivity index (χ1) is 8.09. The molecule has 1 aromatic carbocycles. The van der Waals surface area contributed by atoms with Gasteiger partial charge in [0.25, 0.3) is 0 Å². The monoisotopic (exact) mass is 252 g/mol. The average molecular weight is 253 g/mol. The average Bonchev–Trinajstić information content (AvgIpc) is 2.75. The van der Waals surface area contributed by atoms with Gasteiger partial charge < -0.3 is 15.1 Å². The lowest BCUT2D eigenvalue weighted by Crippen LogP contribution is -2.22. The summed E-state index contributed by atoms with van der Waals surface area (Å²) in [5.74, 6) is 0. The number of nitrogen functional groups attached to an aromatic ring is 1. The van der Waals surface area contributed by atoms with Gasteiger partial charge in [-0.05, 0) is 18.6 Å². The molecule has 0 spiro atoms. The van der Waals surface area contributed by atoms with Gasteiger partial charge in [-0.15, -0.1) is 0 Å². The van der Waals surface area contributed by atoms with E-state index in [1.54, 1.807) is 0 Å². The number of nitrogens with zero attached hydrogens (tertiary/aromatic N) is 3. The minimum Gasteiger partial charge on any atom is -0.390 e. The summed E-state index contributed by atoms with van der Waals surface area (Å²) in [6, 6.07) is 8.08. The van der Waals surface area contributed by atoms with Gasteiger partial charge in [0.05, 0.1) is 6.04 Å². The number of anilines is 2. The second kappa shape index (κ2) is 4.63. The Balaban J connectivity index is 2.26. The Kier molecular flexibility index (Phi) is 3.19. The van der Waals surface area contributed by atoms with E-state index in [4.69, 9.17) is 21.8 Å². The fourth-order valence-corrected chi connectivity index (χ4v) is 1.85. The predicted octanol–water partition coefficient (Wildman–Crippen LogP) is 2.50. The zero-order valence-electron chi connectivity index (χ0n) is 9.59. The highest BCUT2D eigenvalue weighted by Crippen LogP contribution is 2.29. The van der Waals surface area contributed by atoms with Crippen LogP contribution < -0.4 is 10.6 Å². The molecule has 2 rings (SSSR count). The Morgan fingerprint density at radius 1 is 1.35 bits per heavy atom. The molecule has 0 saturated carbocycles. The zero-order chi connectivity index (χ0) is 12.4. The molecule has 90 valence electrons. The zero-order valence-corrected chi connectivity index (χ0v) is 10.3. The fourth-order valence-electron chi connectivity index (χ4n) is 1.56. The molecule has 1 unspecified atom stereocenters. The summed E-state index contributed by atoms with van der Waals surface area (Å²) in [6.07, 6.45) is 0. The maximum absolute atomic E-state index is 6.14. The number of rotatable bonds is 3. The normalized spacial score (nSPS) is 12.4. The van der Waals surface area contributed by atoms with Gasteiger partial charge in [0.1, 0.15) is 0 Å². The molecular weight excluding hydrogens is 240 g/mol. The van der Waals surface area contributed by atoms with E-state index in [-0.39, 0.29) is 12.1 Å². The summed E-state index contributed by atoms with van der Waals surface area (Å²) in [5.41, 5.74) is 6.39.